The van der Waals surface area contributed by atoms with Gasteiger partial charge in [0.05, 0.1) is 17.3 Å². The highest BCUT2D eigenvalue weighted by Crippen LogP contribution is 2.28. The number of halogens is 3. The highest BCUT2D eigenvalue weighted by Gasteiger charge is 2.31. The van der Waals surface area contributed by atoms with Crippen molar-refractivity contribution < 1.29 is 23.0 Å². The van der Waals surface area contributed by atoms with Gasteiger partial charge >= 0.3 is 6.36 Å². The topological polar surface area (TPSA) is 42.4 Å². The summed E-state index contributed by atoms with van der Waals surface area (Å²) in [7, 11) is 0. The fourth-order valence-corrected chi connectivity index (χ4v) is 1.81. The molecule has 2 aromatic rings. The van der Waals surface area contributed by atoms with Gasteiger partial charge in [0.1, 0.15) is 5.75 Å². The van der Waals surface area contributed by atoms with Gasteiger partial charge in [-0.15, -0.1) is 13.2 Å². The quantitative estimate of drug-likeness (QED) is 0.909. The van der Waals surface area contributed by atoms with Gasteiger partial charge in [0.2, 0.25) is 0 Å². The predicted octanol–water partition coefficient (Wildman–Crippen LogP) is 3.50. The third kappa shape index (κ3) is 3.14. The summed E-state index contributed by atoms with van der Waals surface area (Å²) in [6.45, 7) is 3.32. The first kappa shape index (κ1) is 13.6. The Morgan fingerprint density at radius 3 is 2.53 bits per heavy atom. The summed E-state index contributed by atoms with van der Waals surface area (Å²) in [5.74, 6) is -0.283. The van der Waals surface area contributed by atoms with Crippen molar-refractivity contribution in [2.75, 3.05) is 0 Å². The SMILES string of the molecule is Cc1cc(C(C)O)nc2ccc(OC(F)(F)F)cc12. The average Bonchev–Trinajstić information content (AvgIpc) is 2.27. The fourth-order valence-electron chi connectivity index (χ4n) is 1.81. The third-order valence-corrected chi connectivity index (χ3v) is 2.67. The molecule has 6 heteroatoms. The van der Waals surface area contributed by atoms with Crippen LogP contribution in [0.5, 0.6) is 5.75 Å². The highest BCUT2D eigenvalue weighted by molar-refractivity contribution is 5.83. The number of ether oxygens (including phenoxy) is 1. The van der Waals surface area contributed by atoms with Crippen LogP contribution in [0.3, 0.4) is 0 Å². The van der Waals surface area contributed by atoms with Crippen LogP contribution in [0.2, 0.25) is 0 Å². The molecule has 0 amide bonds. The number of aliphatic hydroxyl groups excluding tert-OH is 1. The molecule has 1 heterocycles. The monoisotopic (exact) mass is 271 g/mol. The first-order valence-electron chi connectivity index (χ1n) is 5.61. The van der Waals surface area contributed by atoms with Crippen molar-refractivity contribution in [2.45, 2.75) is 26.3 Å². The highest BCUT2D eigenvalue weighted by atomic mass is 19.4. The van der Waals surface area contributed by atoms with Crippen LogP contribution in [-0.2, 0) is 0 Å². The van der Waals surface area contributed by atoms with Crippen LogP contribution in [0.25, 0.3) is 10.9 Å². The van der Waals surface area contributed by atoms with E-state index in [0.29, 0.717) is 16.6 Å². The van der Waals surface area contributed by atoms with E-state index in [0.717, 1.165) is 5.56 Å². The molecular formula is C13H12F3NO2. The zero-order chi connectivity index (χ0) is 14.2. The van der Waals surface area contributed by atoms with Crippen LogP contribution in [0.4, 0.5) is 13.2 Å². The Bertz CT molecular complexity index is 609. The Balaban J connectivity index is 2.49. The van der Waals surface area contributed by atoms with E-state index in [1.807, 2.05) is 0 Å². The molecule has 3 nitrogen and oxygen atoms in total. The lowest BCUT2D eigenvalue weighted by Crippen LogP contribution is -2.17. The van der Waals surface area contributed by atoms with Gasteiger partial charge in [-0.25, -0.2) is 0 Å². The van der Waals surface area contributed by atoms with E-state index in [1.165, 1.54) is 18.2 Å². The van der Waals surface area contributed by atoms with Gasteiger partial charge in [-0.3, -0.25) is 4.98 Å². The lowest BCUT2D eigenvalue weighted by atomic mass is 10.1. The van der Waals surface area contributed by atoms with Gasteiger partial charge in [0.25, 0.3) is 0 Å². The van der Waals surface area contributed by atoms with Crippen LogP contribution in [-0.4, -0.2) is 16.5 Å². The fraction of sp³-hybridized carbons (Fsp3) is 0.308. The minimum absolute atomic E-state index is 0.283. The number of pyridine rings is 1. The summed E-state index contributed by atoms with van der Waals surface area (Å²) in [5.41, 5.74) is 1.73. The zero-order valence-electron chi connectivity index (χ0n) is 10.3. The minimum atomic E-state index is -4.71. The Kier molecular flexibility index (Phi) is 3.36. The number of hydrogen-bond donors (Lipinski definition) is 1. The molecule has 0 fully saturated rings. The second-order valence-corrected chi connectivity index (χ2v) is 4.27. The summed E-state index contributed by atoms with van der Waals surface area (Å²) < 4.78 is 40.3. The molecule has 0 saturated heterocycles. The van der Waals surface area contributed by atoms with Crippen LogP contribution >= 0.6 is 0 Å². The van der Waals surface area contributed by atoms with Gasteiger partial charge in [-0.05, 0) is 43.7 Å². The number of aliphatic hydroxyl groups is 1. The lowest BCUT2D eigenvalue weighted by molar-refractivity contribution is -0.274. The van der Waals surface area contributed by atoms with Crippen molar-refractivity contribution in [3.8, 4) is 5.75 Å². The van der Waals surface area contributed by atoms with E-state index >= 15 is 0 Å². The molecule has 1 aromatic heterocycles. The molecule has 1 atom stereocenters. The van der Waals surface area contributed by atoms with Gasteiger partial charge in [0, 0.05) is 5.39 Å². The Labute approximate surface area is 107 Å². The molecular weight excluding hydrogens is 259 g/mol. The Morgan fingerprint density at radius 1 is 1.26 bits per heavy atom. The van der Waals surface area contributed by atoms with E-state index in [1.54, 1.807) is 19.9 Å². The molecule has 0 aliphatic heterocycles. The predicted molar refractivity (Wildman–Crippen MR) is 63.8 cm³/mol. The molecule has 0 spiro atoms. The van der Waals surface area contributed by atoms with Crippen molar-refractivity contribution >= 4 is 10.9 Å². The van der Waals surface area contributed by atoms with Crippen molar-refractivity contribution in [1.82, 2.24) is 4.98 Å². The van der Waals surface area contributed by atoms with Gasteiger partial charge in [0.15, 0.2) is 0 Å². The smallest absolute Gasteiger partial charge is 0.406 e. The summed E-state index contributed by atoms with van der Waals surface area (Å²) in [6.07, 6.45) is -5.44. The van der Waals surface area contributed by atoms with E-state index < -0.39 is 12.5 Å². The molecule has 0 aliphatic carbocycles. The van der Waals surface area contributed by atoms with Crippen molar-refractivity contribution in [2.24, 2.45) is 0 Å². The van der Waals surface area contributed by atoms with Crippen molar-refractivity contribution in [3.05, 3.63) is 35.5 Å². The maximum Gasteiger partial charge on any atom is 0.573 e. The molecule has 0 saturated carbocycles. The molecule has 0 radical (unpaired) electrons. The second-order valence-electron chi connectivity index (χ2n) is 4.27. The van der Waals surface area contributed by atoms with Gasteiger partial charge < -0.3 is 9.84 Å². The van der Waals surface area contributed by atoms with Gasteiger partial charge in [-0.1, -0.05) is 0 Å². The molecule has 1 unspecified atom stereocenters. The minimum Gasteiger partial charge on any atom is -0.406 e. The number of benzene rings is 1. The summed E-state index contributed by atoms with van der Waals surface area (Å²) in [5, 5.41) is 10.0. The first-order chi connectivity index (χ1) is 8.76. The average molecular weight is 271 g/mol. The van der Waals surface area contributed by atoms with E-state index in [2.05, 4.69) is 9.72 Å². The standard InChI is InChI=1S/C13H12F3NO2/c1-7-5-12(8(2)18)17-11-4-3-9(6-10(7)11)19-13(14,15)16/h3-6,8,18H,1-2H3. The number of aromatic nitrogens is 1. The first-order valence-corrected chi connectivity index (χ1v) is 5.61. The van der Waals surface area contributed by atoms with Crippen LogP contribution in [0.1, 0.15) is 24.3 Å². The number of alkyl halides is 3. The largest absolute Gasteiger partial charge is 0.573 e. The van der Waals surface area contributed by atoms with E-state index in [9.17, 15) is 18.3 Å². The van der Waals surface area contributed by atoms with Crippen LogP contribution in [0.15, 0.2) is 24.3 Å². The van der Waals surface area contributed by atoms with Crippen molar-refractivity contribution in [3.63, 3.8) is 0 Å². The summed E-state index contributed by atoms with van der Waals surface area (Å²) in [6, 6.07) is 5.57. The Hall–Kier alpha value is -1.82. The van der Waals surface area contributed by atoms with E-state index in [4.69, 9.17) is 0 Å². The zero-order valence-corrected chi connectivity index (χ0v) is 10.3. The third-order valence-electron chi connectivity index (χ3n) is 2.67. The number of fused-ring (bicyclic) bond motifs is 1. The Morgan fingerprint density at radius 2 is 1.95 bits per heavy atom. The molecule has 0 aliphatic rings. The second kappa shape index (κ2) is 4.70. The number of rotatable bonds is 2. The number of nitrogens with zero attached hydrogens (tertiary/aromatic N) is 1. The van der Waals surface area contributed by atoms with Crippen molar-refractivity contribution in [1.29, 1.82) is 0 Å². The molecule has 2 rings (SSSR count). The molecule has 1 N–H and O–H groups in total. The molecule has 1 aromatic carbocycles. The maximum absolute atomic E-state index is 12.1. The molecule has 102 valence electrons. The van der Waals surface area contributed by atoms with E-state index in [-0.39, 0.29) is 5.75 Å². The summed E-state index contributed by atoms with van der Waals surface area (Å²) >= 11 is 0. The maximum atomic E-state index is 12.1. The number of aryl methyl sites for hydroxylation is 1. The van der Waals surface area contributed by atoms with Gasteiger partial charge in [-0.2, -0.15) is 0 Å². The normalized spacial score (nSPS) is 13.6. The van der Waals surface area contributed by atoms with Crippen LogP contribution in [0, 0.1) is 6.92 Å². The molecule has 0 bridgehead atoms. The number of hydrogen-bond acceptors (Lipinski definition) is 3. The molecule has 19 heavy (non-hydrogen) atoms. The summed E-state index contributed by atoms with van der Waals surface area (Å²) in [4.78, 5) is 4.19. The lowest BCUT2D eigenvalue weighted by Gasteiger charge is -2.12. The van der Waals surface area contributed by atoms with Crippen LogP contribution < -0.4 is 4.74 Å².